The van der Waals surface area contributed by atoms with Gasteiger partial charge in [0.25, 0.3) is 0 Å². The molecule has 0 unspecified atom stereocenters. The Labute approximate surface area is 84.2 Å². The maximum atomic E-state index is 5.16. The van der Waals surface area contributed by atoms with E-state index in [1.54, 1.807) is 7.11 Å². The van der Waals surface area contributed by atoms with Crippen molar-refractivity contribution in [2.75, 3.05) is 7.11 Å². The SMILES string of the molecule is COc1cc(C)c2n[nH]c(Br)c2c1. The Morgan fingerprint density at radius 3 is 2.92 bits per heavy atom. The largest absolute Gasteiger partial charge is 0.497 e. The number of aromatic nitrogens is 2. The number of ether oxygens (including phenoxy) is 1. The molecule has 0 aliphatic rings. The number of hydrogen-bond acceptors (Lipinski definition) is 2. The molecule has 0 atom stereocenters. The molecule has 0 bridgehead atoms. The number of hydrogen-bond donors (Lipinski definition) is 1. The van der Waals surface area contributed by atoms with Crippen molar-refractivity contribution in [3.8, 4) is 5.75 Å². The molecule has 0 aliphatic carbocycles. The van der Waals surface area contributed by atoms with E-state index in [1.165, 1.54) is 0 Å². The van der Waals surface area contributed by atoms with Gasteiger partial charge in [-0.2, -0.15) is 5.10 Å². The number of methoxy groups -OCH3 is 1. The molecule has 1 N–H and O–H groups in total. The average Bonchev–Trinajstić information content (AvgIpc) is 2.48. The lowest BCUT2D eigenvalue weighted by Gasteiger charge is -2.01. The van der Waals surface area contributed by atoms with Gasteiger partial charge in [0.15, 0.2) is 0 Å². The molecule has 4 heteroatoms. The molecule has 68 valence electrons. The fraction of sp³-hybridized carbons (Fsp3) is 0.222. The van der Waals surface area contributed by atoms with Crippen LogP contribution in [-0.4, -0.2) is 17.3 Å². The van der Waals surface area contributed by atoms with Crippen LogP contribution in [0.1, 0.15) is 5.56 Å². The van der Waals surface area contributed by atoms with Gasteiger partial charge in [-0.15, -0.1) is 0 Å². The molecule has 0 spiro atoms. The van der Waals surface area contributed by atoms with E-state index in [9.17, 15) is 0 Å². The van der Waals surface area contributed by atoms with Crippen LogP contribution in [0.2, 0.25) is 0 Å². The summed E-state index contributed by atoms with van der Waals surface area (Å²) in [5, 5.41) is 8.10. The summed E-state index contributed by atoms with van der Waals surface area (Å²) in [7, 11) is 1.66. The van der Waals surface area contributed by atoms with Gasteiger partial charge in [-0.25, -0.2) is 0 Å². The Morgan fingerprint density at radius 1 is 1.46 bits per heavy atom. The molecule has 2 aromatic rings. The van der Waals surface area contributed by atoms with Gasteiger partial charge in [-0.1, -0.05) is 0 Å². The summed E-state index contributed by atoms with van der Waals surface area (Å²) < 4.78 is 6.06. The Morgan fingerprint density at radius 2 is 2.23 bits per heavy atom. The van der Waals surface area contributed by atoms with Gasteiger partial charge in [0.1, 0.15) is 10.4 Å². The highest BCUT2D eigenvalue weighted by molar-refractivity contribution is 9.10. The van der Waals surface area contributed by atoms with Crippen LogP contribution in [0.5, 0.6) is 5.75 Å². The number of benzene rings is 1. The van der Waals surface area contributed by atoms with Crippen molar-refractivity contribution in [3.63, 3.8) is 0 Å². The Hall–Kier alpha value is -1.03. The van der Waals surface area contributed by atoms with Crippen LogP contribution >= 0.6 is 15.9 Å². The van der Waals surface area contributed by atoms with Crippen LogP contribution in [0.15, 0.2) is 16.7 Å². The fourth-order valence-corrected chi connectivity index (χ4v) is 1.74. The van der Waals surface area contributed by atoms with Crippen LogP contribution in [-0.2, 0) is 0 Å². The third-order valence-corrected chi connectivity index (χ3v) is 2.62. The number of nitrogens with one attached hydrogen (secondary N) is 1. The molecule has 0 aliphatic heterocycles. The lowest BCUT2D eigenvalue weighted by molar-refractivity contribution is 0.415. The van der Waals surface area contributed by atoms with Crippen LogP contribution in [0, 0.1) is 6.92 Å². The molecule has 2 rings (SSSR count). The predicted molar refractivity (Wildman–Crippen MR) is 55.1 cm³/mol. The van der Waals surface area contributed by atoms with E-state index >= 15 is 0 Å². The third-order valence-electron chi connectivity index (χ3n) is 2.01. The number of aromatic amines is 1. The molecule has 0 amide bonds. The summed E-state index contributed by atoms with van der Waals surface area (Å²) in [5.41, 5.74) is 2.09. The second-order valence-electron chi connectivity index (χ2n) is 2.88. The van der Waals surface area contributed by atoms with E-state index in [4.69, 9.17) is 4.74 Å². The summed E-state index contributed by atoms with van der Waals surface area (Å²) in [6.45, 7) is 2.01. The van der Waals surface area contributed by atoms with E-state index < -0.39 is 0 Å². The molecule has 1 heterocycles. The quantitative estimate of drug-likeness (QED) is 0.833. The second-order valence-corrected chi connectivity index (χ2v) is 3.67. The summed E-state index contributed by atoms with van der Waals surface area (Å²) >= 11 is 3.39. The zero-order valence-corrected chi connectivity index (χ0v) is 8.97. The molecule has 1 aromatic heterocycles. The molecule has 3 nitrogen and oxygen atoms in total. The smallest absolute Gasteiger partial charge is 0.119 e. The minimum atomic E-state index is 0.854. The van der Waals surface area contributed by atoms with Gasteiger partial charge in [0.05, 0.1) is 12.6 Å². The topological polar surface area (TPSA) is 37.9 Å². The third kappa shape index (κ3) is 1.31. The van der Waals surface area contributed by atoms with Gasteiger partial charge in [-0.3, -0.25) is 5.10 Å². The number of fused-ring (bicyclic) bond motifs is 1. The first-order valence-corrected chi connectivity index (χ1v) is 4.70. The van der Waals surface area contributed by atoms with Gasteiger partial charge >= 0.3 is 0 Å². The van der Waals surface area contributed by atoms with Gasteiger partial charge < -0.3 is 4.74 Å². The standard InChI is InChI=1S/C9H9BrN2O/c1-5-3-6(13-2)4-7-8(5)11-12-9(7)10/h3-4H,1-2H3,(H,11,12). The zero-order chi connectivity index (χ0) is 9.42. The van der Waals surface area contributed by atoms with E-state index in [-0.39, 0.29) is 0 Å². The molecular weight excluding hydrogens is 232 g/mol. The highest BCUT2D eigenvalue weighted by Gasteiger charge is 2.06. The van der Waals surface area contributed by atoms with Gasteiger partial charge in [0, 0.05) is 5.39 Å². The first-order chi connectivity index (χ1) is 6.22. The minimum Gasteiger partial charge on any atom is -0.497 e. The Balaban J connectivity index is 2.80. The summed E-state index contributed by atoms with van der Waals surface area (Å²) in [5.74, 6) is 0.854. The first-order valence-electron chi connectivity index (χ1n) is 3.90. The lowest BCUT2D eigenvalue weighted by Crippen LogP contribution is -1.84. The molecular formula is C9H9BrN2O. The molecule has 0 saturated heterocycles. The lowest BCUT2D eigenvalue weighted by atomic mass is 10.1. The maximum Gasteiger partial charge on any atom is 0.119 e. The van der Waals surface area contributed by atoms with Crippen molar-refractivity contribution in [2.24, 2.45) is 0 Å². The van der Waals surface area contributed by atoms with Gasteiger partial charge in [-0.05, 0) is 40.5 Å². The van der Waals surface area contributed by atoms with Crippen molar-refractivity contribution < 1.29 is 4.74 Å². The summed E-state index contributed by atoms with van der Waals surface area (Å²) in [6.07, 6.45) is 0. The normalized spacial score (nSPS) is 10.7. The summed E-state index contributed by atoms with van der Waals surface area (Å²) in [4.78, 5) is 0. The average molecular weight is 241 g/mol. The molecule has 0 radical (unpaired) electrons. The minimum absolute atomic E-state index is 0.854. The number of rotatable bonds is 1. The van der Waals surface area contributed by atoms with E-state index in [0.717, 1.165) is 26.8 Å². The number of aryl methyl sites for hydroxylation is 1. The Bertz CT molecular complexity index is 450. The van der Waals surface area contributed by atoms with Crippen molar-refractivity contribution >= 4 is 26.8 Å². The van der Waals surface area contributed by atoms with E-state index in [1.807, 2.05) is 19.1 Å². The highest BCUT2D eigenvalue weighted by Crippen LogP contribution is 2.28. The van der Waals surface area contributed by atoms with Crippen LogP contribution in [0.4, 0.5) is 0 Å². The number of halogens is 1. The molecule has 0 saturated carbocycles. The maximum absolute atomic E-state index is 5.16. The monoisotopic (exact) mass is 240 g/mol. The zero-order valence-electron chi connectivity index (χ0n) is 7.39. The van der Waals surface area contributed by atoms with Gasteiger partial charge in [0.2, 0.25) is 0 Å². The second kappa shape index (κ2) is 3.03. The molecule has 0 fully saturated rings. The van der Waals surface area contributed by atoms with E-state index in [0.29, 0.717) is 0 Å². The summed E-state index contributed by atoms with van der Waals surface area (Å²) in [6, 6.07) is 3.92. The van der Waals surface area contributed by atoms with E-state index in [2.05, 4.69) is 26.1 Å². The number of nitrogens with zero attached hydrogens (tertiary/aromatic N) is 1. The Kier molecular flexibility index (Phi) is 2.00. The van der Waals surface area contributed by atoms with Crippen molar-refractivity contribution in [3.05, 3.63) is 22.3 Å². The van der Waals surface area contributed by atoms with Crippen LogP contribution in [0.25, 0.3) is 10.9 Å². The first kappa shape index (κ1) is 8.56. The van der Waals surface area contributed by atoms with Crippen molar-refractivity contribution in [2.45, 2.75) is 6.92 Å². The van der Waals surface area contributed by atoms with Crippen LogP contribution in [0.3, 0.4) is 0 Å². The number of H-pyrrole nitrogens is 1. The van der Waals surface area contributed by atoms with Crippen molar-refractivity contribution in [1.82, 2.24) is 10.2 Å². The fourth-order valence-electron chi connectivity index (χ4n) is 1.35. The molecule has 13 heavy (non-hydrogen) atoms. The van der Waals surface area contributed by atoms with Crippen LogP contribution < -0.4 is 4.74 Å². The molecule has 1 aromatic carbocycles. The predicted octanol–water partition coefficient (Wildman–Crippen LogP) is 2.64. The van der Waals surface area contributed by atoms with Crippen molar-refractivity contribution in [1.29, 1.82) is 0 Å². The highest BCUT2D eigenvalue weighted by atomic mass is 79.9.